The lowest BCUT2D eigenvalue weighted by Gasteiger charge is -2.21. The van der Waals surface area contributed by atoms with Crippen LogP contribution in [-0.2, 0) is 6.54 Å². The minimum Gasteiger partial charge on any atom is -0.396 e. The number of hydrogen-bond acceptors (Lipinski definition) is 2. The third kappa shape index (κ3) is 5.13. The van der Waals surface area contributed by atoms with Crippen molar-refractivity contribution in [3.8, 4) is 0 Å². The van der Waals surface area contributed by atoms with E-state index in [0.29, 0.717) is 18.4 Å². The number of carbonyl (C=O) groups is 1. The third-order valence-corrected chi connectivity index (χ3v) is 2.92. The van der Waals surface area contributed by atoms with E-state index in [1.165, 1.54) is 11.0 Å². The van der Waals surface area contributed by atoms with E-state index >= 15 is 0 Å². The summed E-state index contributed by atoms with van der Waals surface area (Å²) in [4.78, 5) is 13.2. The van der Waals surface area contributed by atoms with Crippen molar-refractivity contribution >= 4 is 6.03 Å². The third-order valence-electron chi connectivity index (χ3n) is 2.92. The summed E-state index contributed by atoms with van der Waals surface area (Å²) in [5.74, 6) is -1.83. The maximum absolute atomic E-state index is 13.1. The van der Waals surface area contributed by atoms with E-state index in [1.807, 2.05) is 6.92 Å². The van der Waals surface area contributed by atoms with Crippen LogP contribution in [0, 0.1) is 11.6 Å². The summed E-state index contributed by atoms with van der Waals surface area (Å²) in [6, 6.07) is 3.22. The molecular weight excluding hydrogens is 266 g/mol. The van der Waals surface area contributed by atoms with E-state index in [4.69, 9.17) is 5.11 Å². The van der Waals surface area contributed by atoms with Gasteiger partial charge in [0, 0.05) is 26.2 Å². The summed E-state index contributed by atoms with van der Waals surface area (Å²) in [7, 11) is 1.58. The van der Waals surface area contributed by atoms with Gasteiger partial charge in [0.05, 0.1) is 0 Å². The summed E-state index contributed by atoms with van der Waals surface area (Å²) >= 11 is 0. The van der Waals surface area contributed by atoms with E-state index in [0.717, 1.165) is 12.1 Å². The Kier molecular flexibility index (Phi) is 6.38. The topological polar surface area (TPSA) is 52.6 Å². The molecule has 2 N–H and O–H groups in total. The zero-order valence-corrected chi connectivity index (χ0v) is 11.7. The molecule has 0 aliphatic heterocycles. The van der Waals surface area contributed by atoms with Gasteiger partial charge in [-0.15, -0.1) is 0 Å². The smallest absolute Gasteiger partial charge is 0.317 e. The Bertz CT molecular complexity index is 455. The van der Waals surface area contributed by atoms with Crippen LogP contribution in [0.4, 0.5) is 13.6 Å². The largest absolute Gasteiger partial charge is 0.396 e. The first-order valence-corrected chi connectivity index (χ1v) is 6.50. The first-order chi connectivity index (χ1) is 9.43. The lowest BCUT2D eigenvalue weighted by Crippen LogP contribution is -2.41. The van der Waals surface area contributed by atoms with E-state index in [1.54, 1.807) is 7.05 Å². The van der Waals surface area contributed by atoms with Crippen LogP contribution in [-0.4, -0.2) is 35.7 Å². The van der Waals surface area contributed by atoms with Gasteiger partial charge in [0.1, 0.15) is 0 Å². The summed E-state index contributed by atoms with van der Waals surface area (Å²) in [5, 5.41) is 11.5. The van der Waals surface area contributed by atoms with Crippen LogP contribution in [0.1, 0.15) is 25.3 Å². The molecule has 2 amide bonds. The summed E-state index contributed by atoms with van der Waals surface area (Å²) in [5.41, 5.74) is 0.518. The molecule has 0 spiro atoms. The minimum atomic E-state index is -0.923. The van der Waals surface area contributed by atoms with Crippen LogP contribution in [0.2, 0.25) is 0 Å². The van der Waals surface area contributed by atoms with Crippen molar-refractivity contribution in [1.29, 1.82) is 0 Å². The number of amides is 2. The molecule has 1 rings (SSSR count). The van der Waals surface area contributed by atoms with Crippen molar-refractivity contribution in [3.63, 3.8) is 0 Å². The number of nitrogens with zero attached hydrogens (tertiary/aromatic N) is 1. The van der Waals surface area contributed by atoms with Crippen LogP contribution < -0.4 is 5.32 Å². The second kappa shape index (κ2) is 7.79. The molecular formula is C14H20F2N2O2. The van der Waals surface area contributed by atoms with Gasteiger partial charge in [-0.05, 0) is 37.5 Å². The molecule has 20 heavy (non-hydrogen) atoms. The number of benzene rings is 1. The molecule has 0 aliphatic rings. The second-order valence-electron chi connectivity index (χ2n) is 4.82. The predicted octanol–water partition coefficient (Wildman–Crippen LogP) is 2.27. The number of carbonyl (C=O) groups excluding carboxylic acids is 1. The molecule has 0 fully saturated rings. The molecule has 112 valence electrons. The average molecular weight is 286 g/mol. The molecule has 1 atom stereocenters. The van der Waals surface area contributed by atoms with Gasteiger partial charge in [-0.3, -0.25) is 0 Å². The Morgan fingerprint density at radius 3 is 2.70 bits per heavy atom. The molecule has 4 nitrogen and oxygen atoms in total. The number of nitrogens with one attached hydrogen (secondary N) is 1. The molecule has 0 saturated heterocycles. The van der Waals surface area contributed by atoms with Gasteiger partial charge in [0.2, 0.25) is 0 Å². The van der Waals surface area contributed by atoms with Crippen LogP contribution in [0.5, 0.6) is 0 Å². The quantitative estimate of drug-likeness (QED) is 0.843. The minimum absolute atomic E-state index is 0.0537. The highest BCUT2D eigenvalue weighted by molar-refractivity contribution is 5.74. The predicted molar refractivity (Wildman–Crippen MR) is 72.1 cm³/mol. The molecule has 1 aromatic rings. The van der Waals surface area contributed by atoms with Crippen molar-refractivity contribution in [2.45, 2.75) is 32.4 Å². The SMILES string of the molecule is CC(CCCO)NC(=O)N(C)Cc1ccc(F)c(F)c1. The first kappa shape index (κ1) is 16.4. The molecule has 0 radical (unpaired) electrons. The normalized spacial score (nSPS) is 12.1. The Morgan fingerprint density at radius 2 is 2.10 bits per heavy atom. The van der Waals surface area contributed by atoms with Crippen molar-refractivity contribution in [2.75, 3.05) is 13.7 Å². The van der Waals surface area contributed by atoms with Gasteiger partial charge in [-0.1, -0.05) is 6.07 Å². The fourth-order valence-electron chi connectivity index (χ4n) is 1.77. The van der Waals surface area contributed by atoms with Crippen molar-refractivity contribution in [3.05, 3.63) is 35.4 Å². The molecule has 1 unspecified atom stereocenters. The van der Waals surface area contributed by atoms with E-state index < -0.39 is 11.6 Å². The monoisotopic (exact) mass is 286 g/mol. The van der Waals surface area contributed by atoms with E-state index in [2.05, 4.69) is 5.32 Å². The highest BCUT2D eigenvalue weighted by Gasteiger charge is 2.13. The fourth-order valence-corrected chi connectivity index (χ4v) is 1.77. The summed E-state index contributed by atoms with van der Waals surface area (Å²) in [6.45, 7) is 2.12. The molecule has 1 aromatic carbocycles. The maximum atomic E-state index is 13.1. The average Bonchev–Trinajstić information content (AvgIpc) is 2.40. The molecule has 0 bridgehead atoms. The maximum Gasteiger partial charge on any atom is 0.317 e. The van der Waals surface area contributed by atoms with Crippen LogP contribution in [0.25, 0.3) is 0 Å². The Morgan fingerprint density at radius 1 is 1.40 bits per heavy atom. The number of aliphatic hydroxyl groups is 1. The zero-order valence-electron chi connectivity index (χ0n) is 11.7. The Hall–Kier alpha value is -1.69. The van der Waals surface area contributed by atoms with Crippen LogP contribution in [0.3, 0.4) is 0 Å². The van der Waals surface area contributed by atoms with Gasteiger partial charge >= 0.3 is 6.03 Å². The van der Waals surface area contributed by atoms with E-state index in [9.17, 15) is 13.6 Å². The highest BCUT2D eigenvalue weighted by Crippen LogP contribution is 2.10. The lowest BCUT2D eigenvalue weighted by atomic mass is 10.2. The van der Waals surface area contributed by atoms with Crippen LogP contribution >= 0.6 is 0 Å². The number of urea groups is 1. The number of halogens is 2. The molecule has 0 aromatic heterocycles. The van der Waals surface area contributed by atoms with Crippen molar-refractivity contribution < 1.29 is 18.7 Å². The fraction of sp³-hybridized carbons (Fsp3) is 0.500. The Balaban J connectivity index is 2.50. The molecule has 6 heteroatoms. The van der Waals surface area contributed by atoms with E-state index in [-0.39, 0.29) is 25.2 Å². The molecule has 0 aliphatic carbocycles. The Labute approximate surface area is 117 Å². The van der Waals surface area contributed by atoms with Gasteiger partial charge in [0.25, 0.3) is 0 Å². The lowest BCUT2D eigenvalue weighted by molar-refractivity contribution is 0.201. The standard InChI is InChI=1S/C14H20F2N2O2/c1-10(4-3-7-19)17-14(20)18(2)9-11-5-6-12(15)13(16)8-11/h5-6,8,10,19H,3-4,7,9H2,1-2H3,(H,17,20). The number of rotatable bonds is 6. The molecule has 0 saturated carbocycles. The van der Waals surface area contributed by atoms with Crippen LogP contribution in [0.15, 0.2) is 18.2 Å². The summed E-state index contributed by atoms with van der Waals surface area (Å²) < 4.78 is 25.9. The van der Waals surface area contributed by atoms with Crippen molar-refractivity contribution in [2.24, 2.45) is 0 Å². The van der Waals surface area contributed by atoms with Gasteiger partial charge < -0.3 is 15.3 Å². The van der Waals surface area contributed by atoms with Gasteiger partial charge in [-0.2, -0.15) is 0 Å². The number of hydrogen-bond donors (Lipinski definition) is 2. The zero-order chi connectivity index (χ0) is 15.1. The highest BCUT2D eigenvalue weighted by atomic mass is 19.2. The van der Waals surface area contributed by atoms with Crippen molar-refractivity contribution in [1.82, 2.24) is 10.2 Å². The van der Waals surface area contributed by atoms with Gasteiger partial charge in [-0.25, -0.2) is 13.6 Å². The first-order valence-electron chi connectivity index (χ1n) is 6.50. The molecule has 0 heterocycles. The van der Waals surface area contributed by atoms with Gasteiger partial charge in [0.15, 0.2) is 11.6 Å². The number of aliphatic hydroxyl groups excluding tert-OH is 1. The summed E-state index contributed by atoms with van der Waals surface area (Å²) in [6.07, 6.45) is 1.30. The second-order valence-corrected chi connectivity index (χ2v) is 4.82.